The van der Waals surface area contributed by atoms with Crippen LogP contribution in [0.1, 0.15) is 49.4 Å². The Balaban J connectivity index is 1.81. The molecule has 0 saturated heterocycles. The second-order valence-corrected chi connectivity index (χ2v) is 8.74. The number of hydrogen-bond donors (Lipinski definition) is 0. The summed E-state index contributed by atoms with van der Waals surface area (Å²) in [6.07, 6.45) is 0.863. The standard InChI is InChI=1S/C27H29N3O2/c1-18(2)16-17-30(27(32)22-14-9-11-20-10-5-6-12-21(20)22)19(3)25-28-24-15-8-7-13-23(24)26(31)29(25)4/h5-15,18-19H,16-17H2,1-4H3. The zero-order valence-electron chi connectivity index (χ0n) is 19.1. The zero-order valence-corrected chi connectivity index (χ0v) is 19.1. The number of para-hydroxylation sites is 1. The molecule has 5 nitrogen and oxygen atoms in total. The fraction of sp³-hybridized carbons (Fsp3) is 0.296. The smallest absolute Gasteiger partial charge is 0.261 e. The molecule has 0 aliphatic carbocycles. The molecule has 1 unspecified atom stereocenters. The molecule has 0 aliphatic heterocycles. The van der Waals surface area contributed by atoms with Gasteiger partial charge in [-0.05, 0) is 48.2 Å². The van der Waals surface area contributed by atoms with Gasteiger partial charge in [0.05, 0.1) is 16.9 Å². The van der Waals surface area contributed by atoms with Gasteiger partial charge in [-0.25, -0.2) is 4.98 Å². The fourth-order valence-corrected chi connectivity index (χ4v) is 4.18. The van der Waals surface area contributed by atoms with Gasteiger partial charge in [-0.1, -0.05) is 62.4 Å². The van der Waals surface area contributed by atoms with Gasteiger partial charge in [-0.2, -0.15) is 0 Å². The van der Waals surface area contributed by atoms with E-state index < -0.39 is 0 Å². The van der Waals surface area contributed by atoms with Crippen LogP contribution < -0.4 is 5.56 Å². The Hall–Kier alpha value is -3.47. The Labute approximate surface area is 188 Å². The van der Waals surface area contributed by atoms with Crippen LogP contribution in [0, 0.1) is 5.92 Å². The summed E-state index contributed by atoms with van der Waals surface area (Å²) < 4.78 is 1.58. The normalized spacial score (nSPS) is 12.4. The van der Waals surface area contributed by atoms with E-state index in [1.165, 1.54) is 0 Å². The summed E-state index contributed by atoms with van der Waals surface area (Å²) in [7, 11) is 1.73. The van der Waals surface area contributed by atoms with Crippen molar-refractivity contribution in [1.82, 2.24) is 14.5 Å². The molecule has 1 atom stereocenters. The first-order valence-corrected chi connectivity index (χ1v) is 11.1. The highest BCUT2D eigenvalue weighted by Gasteiger charge is 2.27. The Morgan fingerprint density at radius 2 is 1.59 bits per heavy atom. The molecule has 4 aromatic rings. The third-order valence-corrected chi connectivity index (χ3v) is 6.09. The molecule has 5 heteroatoms. The largest absolute Gasteiger partial charge is 0.329 e. The molecular formula is C27H29N3O2. The molecule has 1 amide bonds. The van der Waals surface area contributed by atoms with Gasteiger partial charge in [0.2, 0.25) is 0 Å². The van der Waals surface area contributed by atoms with Crippen molar-refractivity contribution in [3.63, 3.8) is 0 Å². The number of amides is 1. The Morgan fingerprint density at radius 1 is 0.938 bits per heavy atom. The molecule has 3 aromatic carbocycles. The maximum Gasteiger partial charge on any atom is 0.261 e. The molecule has 0 N–H and O–H groups in total. The van der Waals surface area contributed by atoms with Gasteiger partial charge in [0.1, 0.15) is 5.82 Å². The van der Waals surface area contributed by atoms with E-state index in [0.717, 1.165) is 17.2 Å². The molecule has 32 heavy (non-hydrogen) atoms. The van der Waals surface area contributed by atoms with E-state index in [9.17, 15) is 9.59 Å². The molecule has 164 valence electrons. The summed E-state index contributed by atoms with van der Waals surface area (Å²) >= 11 is 0. The van der Waals surface area contributed by atoms with Crippen LogP contribution in [0.3, 0.4) is 0 Å². The van der Waals surface area contributed by atoms with Crippen molar-refractivity contribution in [3.05, 3.63) is 88.5 Å². The minimum Gasteiger partial charge on any atom is -0.329 e. The fourth-order valence-electron chi connectivity index (χ4n) is 4.18. The van der Waals surface area contributed by atoms with E-state index in [4.69, 9.17) is 4.98 Å². The molecule has 0 bridgehead atoms. The first kappa shape index (κ1) is 21.8. The topological polar surface area (TPSA) is 55.2 Å². The SMILES string of the molecule is CC(C)CCN(C(=O)c1cccc2ccccc12)C(C)c1nc2ccccc2c(=O)n1C. The summed E-state index contributed by atoms with van der Waals surface area (Å²) in [4.78, 5) is 33.5. The Kier molecular flexibility index (Phi) is 6.08. The maximum atomic E-state index is 13.9. The summed E-state index contributed by atoms with van der Waals surface area (Å²) in [5.41, 5.74) is 1.22. The van der Waals surface area contributed by atoms with Crippen LogP contribution >= 0.6 is 0 Å². The predicted octanol–water partition coefficient (Wildman–Crippen LogP) is 5.34. The molecule has 0 fully saturated rings. The number of hydrogen-bond acceptors (Lipinski definition) is 3. The molecule has 1 aromatic heterocycles. The minimum absolute atomic E-state index is 0.0441. The number of benzene rings is 3. The molecule has 0 spiro atoms. The van der Waals surface area contributed by atoms with E-state index >= 15 is 0 Å². The monoisotopic (exact) mass is 427 g/mol. The zero-order chi connectivity index (χ0) is 22.8. The number of rotatable bonds is 6. The van der Waals surface area contributed by atoms with Gasteiger partial charge in [-0.3, -0.25) is 14.2 Å². The lowest BCUT2D eigenvalue weighted by Crippen LogP contribution is -2.38. The van der Waals surface area contributed by atoms with E-state index in [2.05, 4.69) is 13.8 Å². The Morgan fingerprint density at radius 3 is 2.34 bits per heavy atom. The number of carbonyl (C=O) groups excluding carboxylic acids is 1. The second-order valence-electron chi connectivity index (χ2n) is 8.74. The van der Waals surface area contributed by atoms with Crippen molar-refractivity contribution < 1.29 is 4.79 Å². The highest BCUT2D eigenvalue weighted by Crippen LogP contribution is 2.26. The molecule has 0 saturated carbocycles. The number of aromatic nitrogens is 2. The van der Waals surface area contributed by atoms with Crippen LogP contribution in [0.5, 0.6) is 0 Å². The summed E-state index contributed by atoms with van der Waals surface area (Å²) in [6.45, 7) is 6.84. The average molecular weight is 428 g/mol. The van der Waals surface area contributed by atoms with Gasteiger partial charge in [0.15, 0.2) is 0 Å². The molecule has 0 radical (unpaired) electrons. The van der Waals surface area contributed by atoms with Gasteiger partial charge in [0, 0.05) is 19.2 Å². The van der Waals surface area contributed by atoms with Crippen LogP contribution in [-0.2, 0) is 7.05 Å². The van der Waals surface area contributed by atoms with Crippen molar-refractivity contribution in [2.45, 2.75) is 33.2 Å². The highest BCUT2D eigenvalue weighted by atomic mass is 16.2. The van der Waals surface area contributed by atoms with Crippen LogP contribution in [0.25, 0.3) is 21.7 Å². The van der Waals surface area contributed by atoms with Gasteiger partial charge in [-0.15, -0.1) is 0 Å². The van der Waals surface area contributed by atoms with Crippen LogP contribution in [0.4, 0.5) is 0 Å². The van der Waals surface area contributed by atoms with E-state index in [-0.39, 0.29) is 17.5 Å². The lowest BCUT2D eigenvalue weighted by molar-refractivity contribution is 0.0672. The second kappa shape index (κ2) is 8.95. The molecule has 1 heterocycles. The summed E-state index contributed by atoms with van der Waals surface area (Å²) in [5.74, 6) is 0.988. The number of fused-ring (bicyclic) bond motifs is 2. The summed E-state index contributed by atoms with van der Waals surface area (Å²) in [5, 5.41) is 2.55. The first-order valence-electron chi connectivity index (χ1n) is 11.1. The number of nitrogens with zero attached hydrogens (tertiary/aromatic N) is 3. The van der Waals surface area contributed by atoms with Crippen LogP contribution in [-0.4, -0.2) is 26.9 Å². The summed E-state index contributed by atoms with van der Waals surface area (Å²) in [6, 6.07) is 20.7. The van der Waals surface area contributed by atoms with Crippen molar-refractivity contribution in [3.8, 4) is 0 Å². The molecule has 4 rings (SSSR count). The molecular weight excluding hydrogens is 398 g/mol. The van der Waals surface area contributed by atoms with Crippen molar-refractivity contribution in [1.29, 1.82) is 0 Å². The van der Waals surface area contributed by atoms with Crippen molar-refractivity contribution in [2.75, 3.05) is 6.54 Å². The third kappa shape index (κ3) is 4.03. The van der Waals surface area contributed by atoms with Gasteiger partial charge < -0.3 is 4.90 Å². The minimum atomic E-state index is -0.359. The van der Waals surface area contributed by atoms with E-state index in [0.29, 0.717) is 34.8 Å². The Bertz CT molecular complexity index is 1330. The van der Waals surface area contributed by atoms with Crippen molar-refractivity contribution in [2.24, 2.45) is 13.0 Å². The number of carbonyl (C=O) groups is 1. The highest BCUT2D eigenvalue weighted by molar-refractivity contribution is 6.07. The predicted molar refractivity (Wildman–Crippen MR) is 130 cm³/mol. The lowest BCUT2D eigenvalue weighted by Gasteiger charge is -2.31. The van der Waals surface area contributed by atoms with Gasteiger partial charge >= 0.3 is 0 Å². The van der Waals surface area contributed by atoms with Gasteiger partial charge in [0.25, 0.3) is 11.5 Å². The molecule has 0 aliphatic rings. The first-order chi connectivity index (χ1) is 15.4. The maximum absolute atomic E-state index is 13.9. The van der Waals surface area contributed by atoms with Crippen molar-refractivity contribution >= 4 is 27.6 Å². The van der Waals surface area contributed by atoms with E-state index in [1.54, 1.807) is 17.7 Å². The van der Waals surface area contributed by atoms with E-state index in [1.807, 2.05) is 72.5 Å². The quantitative estimate of drug-likeness (QED) is 0.418. The lowest BCUT2D eigenvalue weighted by atomic mass is 10.0. The van der Waals surface area contributed by atoms with Crippen LogP contribution in [0.15, 0.2) is 71.5 Å². The average Bonchev–Trinajstić information content (AvgIpc) is 2.80. The third-order valence-electron chi connectivity index (χ3n) is 6.09. The van der Waals surface area contributed by atoms with Crippen LogP contribution in [0.2, 0.25) is 0 Å².